The van der Waals surface area contributed by atoms with Crippen LogP contribution in [0.25, 0.3) is 0 Å². The number of carboxylic acid groups (broad SMARTS) is 1. The Morgan fingerprint density at radius 1 is 1.46 bits per heavy atom. The maximum Gasteiger partial charge on any atom is 0.303 e. The number of carboxylic acids is 1. The molecule has 0 aliphatic heterocycles. The lowest BCUT2D eigenvalue weighted by Crippen LogP contribution is -2.42. The van der Waals surface area contributed by atoms with E-state index in [0.29, 0.717) is 13.1 Å². The van der Waals surface area contributed by atoms with E-state index in [1.165, 1.54) is 0 Å². The minimum Gasteiger partial charge on any atom is -0.481 e. The largest absolute Gasteiger partial charge is 0.481 e. The van der Waals surface area contributed by atoms with Crippen molar-refractivity contribution < 1.29 is 14.7 Å². The summed E-state index contributed by atoms with van der Waals surface area (Å²) in [5, 5.41) is 10.8. The monoisotopic (exact) mass is 189 g/mol. The molecule has 76 valence electrons. The van der Waals surface area contributed by atoms with E-state index >= 15 is 0 Å². The molecule has 1 atom stereocenters. The highest BCUT2D eigenvalue weighted by molar-refractivity contribution is 5.82. The van der Waals surface area contributed by atoms with Crippen molar-refractivity contribution in [3.05, 3.63) is 0 Å². The van der Waals surface area contributed by atoms with Gasteiger partial charge in [0, 0.05) is 19.5 Å². The number of carbonyl (C=O) groups excluding carboxylic acids is 1. The molecule has 0 aliphatic carbocycles. The topological polar surface area (TPSA) is 118 Å². The molecule has 1 amide bonds. The van der Waals surface area contributed by atoms with E-state index in [1.54, 1.807) is 0 Å². The van der Waals surface area contributed by atoms with Crippen LogP contribution in [0.3, 0.4) is 0 Å². The van der Waals surface area contributed by atoms with Gasteiger partial charge in [0.05, 0.1) is 6.04 Å². The zero-order valence-electron chi connectivity index (χ0n) is 7.32. The van der Waals surface area contributed by atoms with Gasteiger partial charge < -0.3 is 21.9 Å². The molecule has 13 heavy (non-hydrogen) atoms. The predicted molar refractivity (Wildman–Crippen MR) is 46.9 cm³/mol. The van der Waals surface area contributed by atoms with Crippen molar-refractivity contribution >= 4 is 11.9 Å². The van der Waals surface area contributed by atoms with E-state index in [1.807, 2.05) is 0 Å². The van der Waals surface area contributed by atoms with E-state index in [0.717, 1.165) is 0 Å². The van der Waals surface area contributed by atoms with Gasteiger partial charge in [0.2, 0.25) is 5.91 Å². The fraction of sp³-hybridized carbons (Fsp3) is 0.714. The molecule has 0 aliphatic rings. The Balaban J connectivity index is 3.62. The van der Waals surface area contributed by atoms with Crippen molar-refractivity contribution in [3.63, 3.8) is 0 Å². The Morgan fingerprint density at radius 2 is 2.08 bits per heavy atom. The Kier molecular flexibility index (Phi) is 5.82. The third-order valence-electron chi connectivity index (χ3n) is 1.45. The lowest BCUT2D eigenvalue weighted by Gasteiger charge is -2.09. The first-order valence-corrected chi connectivity index (χ1v) is 4.03. The molecule has 0 rings (SSSR count). The molecule has 0 aromatic carbocycles. The normalized spacial score (nSPS) is 12.2. The second-order valence-electron chi connectivity index (χ2n) is 2.62. The second-order valence-corrected chi connectivity index (χ2v) is 2.62. The van der Waals surface area contributed by atoms with Gasteiger partial charge in [0.25, 0.3) is 0 Å². The van der Waals surface area contributed by atoms with Crippen molar-refractivity contribution in [1.82, 2.24) is 5.32 Å². The van der Waals surface area contributed by atoms with Gasteiger partial charge in [0.1, 0.15) is 0 Å². The smallest absolute Gasteiger partial charge is 0.303 e. The highest BCUT2D eigenvalue weighted by Gasteiger charge is 2.13. The first kappa shape index (κ1) is 11.9. The van der Waals surface area contributed by atoms with Gasteiger partial charge in [-0.15, -0.1) is 0 Å². The van der Waals surface area contributed by atoms with Crippen molar-refractivity contribution in [3.8, 4) is 0 Å². The van der Waals surface area contributed by atoms with E-state index in [9.17, 15) is 9.59 Å². The summed E-state index contributed by atoms with van der Waals surface area (Å²) in [5.41, 5.74) is 10.5. The van der Waals surface area contributed by atoms with Crippen LogP contribution in [0.1, 0.15) is 12.8 Å². The molecule has 0 heterocycles. The molecule has 0 aromatic heterocycles. The summed E-state index contributed by atoms with van der Waals surface area (Å²) in [6.45, 7) is 0.705. The van der Waals surface area contributed by atoms with Crippen LogP contribution in [0.5, 0.6) is 0 Å². The quantitative estimate of drug-likeness (QED) is 0.395. The summed E-state index contributed by atoms with van der Waals surface area (Å²) < 4.78 is 0. The molecular weight excluding hydrogens is 174 g/mol. The van der Waals surface area contributed by atoms with Crippen molar-refractivity contribution in [2.45, 2.75) is 18.9 Å². The van der Waals surface area contributed by atoms with E-state index < -0.39 is 12.0 Å². The number of hydrogen-bond donors (Lipinski definition) is 4. The second kappa shape index (κ2) is 6.38. The van der Waals surface area contributed by atoms with Gasteiger partial charge in [0.15, 0.2) is 0 Å². The van der Waals surface area contributed by atoms with E-state index in [4.69, 9.17) is 16.6 Å². The average Bonchev–Trinajstić information content (AvgIpc) is 2.10. The average molecular weight is 189 g/mol. The molecule has 0 saturated carbocycles. The zero-order valence-corrected chi connectivity index (χ0v) is 7.32. The molecule has 0 bridgehead atoms. The SMILES string of the molecule is NCCNC(=O)[C@H](N)CCC(=O)O. The fourth-order valence-corrected chi connectivity index (χ4v) is 0.737. The van der Waals surface area contributed by atoms with Crippen LogP contribution in [0.4, 0.5) is 0 Å². The fourth-order valence-electron chi connectivity index (χ4n) is 0.737. The maximum absolute atomic E-state index is 11.0. The number of nitrogens with one attached hydrogen (secondary N) is 1. The molecular formula is C7H15N3O3. The Bertz CT molecular complexity index is 184. The lowest BCUT2D eigenvalue weighted by molar-refractivity contribution is -0.137. The van der Waals surface area contributed by atoms with Gasteiger partial charge in [-0.25, -0.2) is 0 Å². The molecule has 0 fully saturated rings. The summed E-state index contributed by atoms with van der Waals surface area (Å²) in [6, 6.07) is -0.761. The Hall–Kier alpha value is -1.14. The molecule has 0 aromatic rings. The Labute approximate surface area is 76.3 Å². The molecule has 0 spiro atoms. The standard InChI is InChI=1S/C7H15N3O3/c8-3-4-10-7(13)5(9)1-2-6(11)12/h5H,1-4,8-9H2,(H,10,13)(H,11,12)/t5-/m1/s1. The van der Waals surface area contributed by atoms with Crippen LogP contribution in [0, 0.1) is 0 Å². The van der Waals surface area contributed by atoms with Crippen LogP contribution in [0.15, 0.2) is 0 Å². The minimum absolute atomic E-state index is 0.1000. The maximum atomic E-state index is 11.0. The molecule has 6 nitrogen and oxygen atoms in total. The first-order chi connectivity index (χ1) is 6.07. The Morgan fingerprint density at radius 3 is 2.54 bits per heavy atom. The highest BCUT2D eigenvalue weighted by atomic mass is 16.4. The van der Waals surface area contributed by atoms with Gasteiger partial charge in [-0.05, 0) is 6.42 Å². The van der Waals surface area contributed by atoms with E-state index in [-0.39, 0.29) is 18.7 Å². The lowest BCUT2D eigenvalue weighted by atomic mass is 10.1. The van der Waals surface area contributed by atoms with Crippen LogP contribution < -0.4 is 16.8 Å². The van der Waals surface area contributed by atoms with Crippen LogP contribution >= 0.6 is 0 Å². The minimum atomic E-state index is -0.956. The molecule has 6 N–H and O–H groups in total. The highest BCUT2D eigenvalue weighted by Crippen LogP contribution is 1.93. The third-order valence-corrected chi connectivity index (χ3v) is 1.45. The van der Waals surface area contributed by atoms with Crippen LogP contribution in [-0.2, 0) is 9.59 Å². The van der Waals surface area contributed by atoms with Gasteiger partial charge in [-0.3, -0.25) is 9.59 Å². The van der Waals surface area contributed by atoms with Gasteiger partial charge in [-0.1, -0.05) is 0 Å². The summed E-state index contributed by atoms with van der Waals surface area (Å²) in [5.74, 6) is -1.31. The molecule has 0 saturated heterocycles. The summed E-state index contributed by atoms with van der Waals surface area (Å²) in [7, 11) is 0. The van der Waals surface area contributed by atoms with Crippen molar-refractivity contribution in [1.29, 1.82) is 0 Å². The number of aliphatic carboxylic acids is 1. The number of carbonyl (C=O) groups is 2. The van der Waals surface area contributed by atoms with Crippen LogP contribution in [0.2, 0.25) is 0 Å². The van der Waals surface area contributed by atoms with Crippen LogP contribution in [-0.4, -0.2) is 36.1 Å². The number of hydrogen-bond acceptors (Lipinski definition) is 4. The third kappa shape index (κ3) is 6.06. The van der Waals surface area contributed by atoms with E-state index in [2.05, 4.69) is 5.32 Å². The number of amides is 1. The number of rotatable bonds is 6. The summed E-state index contributed by atoms with van der Waals surface area (Å²) in [4.78, 5) is 21.2. The summed E-state index contributed by atoms with van der Waals surface area (Å²) in [6.07, 6.45) is 0.0446. The van der Waals surface area contributed by atoms with Gasteiger partial charge >= 0.3 is 5.97 Å². The number of nitrogens with two attached hydrogens (primary N) is 2. The molecule has 0 radical (unpaired) electrons. The summed E-state index contributed by atoms with van der Waals surface area (Å²) >= 11 is 0. The van der Waals surface area contributed by atoms with Gasteiger partial charge in [-0.2, -0.15) is 0 Å². The predicted octanol–water partition coefficient (Wildman–Crippen LogP) is -1.75. The first-order valence-electron chi connectivity index (χ1n) is 4.03. The molecule has 6 heteroatoms. The van der Waals surface area contributed by atoms with Crippen molar-refractivity contribution in [2.75, 3.05) is 13.1 Å². The van der Waals surface area contributed by atoms with Crippen molar-refractivity contribution in [2.24, 2.45) is 11.5 Å². The zero-order chi connectivity index (χ0) is 10.3. The molecule has 0 unspecified atom stereocenters.